The summed E-state index contributed by atoms with van der Waals surface area (Å²) in [4.78, 5) is 16.9. The fourth-order valence-corrected chi connectivity index (χ4v) is 2.50. The first kappa shape index (κ1) is 12.4. The minimum Gasteiger partial charge on any atom is -0.294 e. The summed E-state index contributed by atoms with van der Waals surface area (Å²) in [6.45, 7) is 12.1. The topological polar surface area (TPSA) is 30.0 Å². The summed E-state index contributed by atoms with van der Waals surface area (Å²) in [5, 5.41) is 1.06. The van der Waals surface area contributed by atoms with E-state index in [1.165, 1.54) is 0 Å². The molecular weight excluding hydrogens is 206 g/mol. The molecule has 1 heterocycles. The molecule has 1 rings (SSSR count). The summed E-state index contributed by atoms with van der Waals surface area (Å²) in [5.74, 6) is 0.522. The number of nitrogens with zero attached hydrogens (tertiary/aromatic N) is 1. The summed E-state index contributed by atoms with van der Waals surface area (Å²) < 4.78 is 0. The third-order valence-electron chi connectivity index (χ3n) is 2.17. The van der Waals surface area contributed by atoms with Gasteiger partial charge in [0.25, 0.3) is 0 Å². The van der Waals surface area contributed by atoms with Crippen LogP contribution in [0.25, 0.3) is 0 Å². The molecule has 0 amide bonds. The summed E-state index contributed by atoms with van der Waals surface area (Å²) >= 11 is 1.54. The highest BCUT2D eigenvalue weighted by atomic mass is 32.1. The van der Waals surface area contributed by atoms with Crippen molar-refractivity contribution in [1.29, 1.82) is 0 Å². The predicted molar refractivity (Wildman–Crippen MR) is 64.9 cm³/mol. The lowest BCUT2D eigenvalue weighted by Crippen LogP contribution is -2.15. The van der Waals surface area contributed by atoms with Crippen molar-refractivity contribution in [3.8, 4) is 0 Å². The quantitative estimate of drug-likeness (QED) is 0.717. The number of carbonyl (C=O) groups excluding carboxylic acids is 1. The van der Waals surface area contributed by atoms with E-state index in [2.05, 4.69) is 39.6 Å². The third kappa shape index (κ3) is 2.65. The van der Waals surface area contributed by atoms with Crippen LogP contribution in [0.3, 0.4) is 0 Å². The van der Waals surface area contributed by atoms with Gasteiger partial charge in [0.05, 0.1) is 15.6 Å². The van der Waals surface area contributed by atoms with Crippen molar-refractivity contribution in [2.75, 3.05) is 0 Å². The van der Waals surface area contributed by atoms with E-state index in [0.717, 1.165) is 15.6 Å². The molecule has 3 heteroatoms. The first-order valence-electron chi connectivity index (χ1n) is 5.25. The number of aromatic nitrogens is 1. The van der Waals surface area contributed by atoms with Crippen LogP contribution in [0.1, 0.15) is 67.8 Å². The fraction of sp³-hybridized carbons (Fsp3) is 0.667. The molecule has 1 aromatic heterocycles. The average Bonchev–Trinajstić information content (AvgIpc) is 2.45. The van der Waals surface area contributed by atoms with E-state index in [4.69, 9.17) is 0 Å². The van der Waals surface area contributed by atoms with Gasteiger partial charge >= 0.3 is 0 Å². The average molecular weight is 225 g/mol. The highest BCUT2D eigenvalue weighted by Crippen LogP contribution is 2.32. The number of hydrogen-bond acceptors (Lipinski definition) is 3. The monoisotopic (exact) mass is 225 g/mol. The van der Waals surface area contributed by atoms with Crippen LogP contribution in [-0.4, -0.2) is 10.8 Å². The van der Waals surface area contributed by atoms with E-state index in [9.17, 15) is 4.79 Å². The van der Waals surface area contributed by atoms with Crippen LogP contribution in [0.2, 0.25) is 0 Å². The van der Waals surface area contributed by atoms with Gasteiger partial charge in [-0.3, -0.25) is 4.79 Å². The van der Waals surface area contributed by atoms with Gasteiger partial charge in [0.15, 0.2) is 5.78 Å². The van der Waals surface area contributed by atoms with Gasteiger partial charge in [-0.25, -0.2) is 4.98 Å². The van der Waals surface area contributed by atoms with Crippen LogP contribution in [0.4, 0.5) is 0 Å². The Labute approximate surface area is 95.7 Å². The molecule has 0 spiro atoms. The smallest absolute Gasteiger partial charge is 0.171 e. The molecule has 0 saturated carbocycles. The molecule has 0 aliphatic rings. The number of rotatable bonds is 2. The standard InChI is InChI=1S/C12H19NOS/c1-7(2)11-13-10(12(4,5)6)9(15-11)8(3)14/h7H,1-6H3. The molecule has 0 radical (unpaired) electrons. The fourth-order valence-electron chi connectivity index (χ4n) is 1.33. The van der Waals surface area contributed by atoms with E-state index in [-0.39, 0.29) is 11.2 Å². The molecule has 0 aliphatic carbocycles. The van der Waals surface area contributed by atoms with Gasteiger partial charge in [0.1, 0.15) is 0 Å². The van der Waals surface area contributed by atoms with Gasteiger partial charge in [0, 0.05) is 18.3 Å². The lowest BCUT2D eigenvalue weighted by atomic mass is 9.90. The number of ketones is 1. The minimum atomic E-state index is -0.0509. The Kier molecular flexibility index (Phi) is 3.34. The second kappa shape index (κ2) is 4.05. The zero-order chi connectivity index (χ0) is 11.8. The summed E-state index contributed by atoms with van der Waals surface area (Å²) in [6.07, 6.45) is 0. The van der Waals surface area contributed by atoms with E-state index in [1.54, 1.807) is 18.3 Å². The molecule has 0 aromatic carbocycles. The largest absolute Gasteiger partial charge is 0.294 e. The Bertz CT molecular complexity index is 371. The Hall–Kier alpha value is -0.700. The van der Waals surface area contributed by atoms with Gasteiger partial charge in [-0.15, -0.1) is 11.3 Å². The molecule has 0 unspecified atom stereocenters. The highest BCUT2D eigenvalue weighted by Gasteiger charge is 2.25. The molecule has 15 heavy (non-hydrogen) atoms. The van der Waals surface area contributed by atoms with Crippen molar-refractivity contribution in [2.24, 2.45) is 0 Å². The van der Waals surface area contributed by atoms with Crippen molar-refractivity contribution in [1.82, 2.24) is 4.98 Å². The zero-order valence-corrected chi connectivity index (χ0v) is 11.2. The van der Waals surface area contributed by atoms with Crippen LogP contribution >= 0.6 is 11.3 Å². The van der Waals surface area contributed by atoms with E-state index < -0.39 is 0 Å². The Morgan fingerprint density at radius 1 is 1.33 bits per heavy atom. The summed E-state index contributed by atoms with van der Waals surface area (Å²) in [5.41, 5.74) is 0.897. The third-order valence-corrected chi connectivity index (χ3v) is 3.62. The van der Waals surface area contributed by atoms with E-state index >= 15 is 0 Å². The van der Waals surface area contributed by atoms with Gasteiger partial charge < -0.3 is 0 Å². The second-order valence-electron chi connectivity index (χ2n) is 5.19. The number of hydrogen-bond donors (Lipinski definition) is 0. The second-order valence-corrected chi connectivity index (χ2v) is 6.22. The number of Topliss-reactive ketones (excluding diaryl/α,β-unsaturated/α-hetero) is 1. The molecule has 1 aromatic rings. The Morgan fingerprint density at radius 3 is 2.13 bits per heavy atom. The Balaban J connectivity index is 3.30. The molecule has 84 valence electrons. The van der Waals surface area contributed by atoms with Crippen molar-refractivity contribution in [3.63, 3.8) is 0 Å². The number of carbonyl (C=O) groups is 1. The normalized spacial score (nSPS) is 12.2. The van der Waals surface area contributed by atoms with Gasteiger partial charge in [-0.1, -0.05) is 34.6 Å². The highest BCUT2D eigenvalue weighted by molar-refractivity contribution is 7.13. The molecule has 0 N–H and O–H groups in total. The predicted octanol–water partition coefficient (Wildman–Crippen LogP) is 3.77. The van der Waals surface area contributed by atoms with Gasteiger partial charge in [-0.2, -0.15) is 0 Å². The maximum Gasteiger partial charge on any atom is 0.171 e. The van der Waals surface area contributed by atoms with Gasteiger partial charge in [-0.05, 0) is 0 Å². The Morgan fingerprint density at radius 2 is 1.87 bits per heavy atom. The van der Waals surface area contributed by atoms with Crippen molar-refractivity contribution >= 4 is 17.1 Å². The molecular formula is C12H19NOS. The van der Waals surface area contributed by atoms with E-state index in [0.29, 0.717) is 5.92 Å². The lowest BCUT2D eigenvalue weighted by Gasteiger charge is -2.16. The van der Waals surface area contributed by atoms with Crippen LogP contribution in [0, 0.1) is 0 Å². The van der Waals surface area contributed by atoms with Crippen LogP contribution in [-0.2, 0) is 5.41 Å². The van der Waals surface area contributed by atoms with Crippen molar-refractivity contribution in [2.45, 2.75) is 52.9 Å². The first-order valence-corrected chi connectivity index (χ1v) is 6.07. The summed E-state index contributed by atoms with van der Waals surface area (Å²) in [7, 11) is 0. The molecule has 0 saturated heterocycles. The SMILES string of the molecule is CC(=O)c1sc(C(C)C)nc1C(C)(C)C. The van der Waals surface area contributed by atoms with Crippen molar-refractivity contribution < 1.29 is 4.79 Å². The van der Waals surface area contributed by atoms with Crippen LogP contribution in [0.15, 0.2) is 0 Å². The lowest BCUT2D eigenvalue weighted by molar-refractivity contribution is 0.101. The van der Waals surface area contributed by atoms with Gasteiger partial charge in [0.2, 0.25) is 0 Å². The van der Waals surface area contributed by atoms with Crippen LogP contribution < -0.4 is 0 Å². The maximum atomic E-state index is 11.5. The minimum absolute atomic E-state index is 0.0509. The van der Waals surface area contributed by atoms with Crippen molar-refractivity contribution in [3.05, 3.63) is 15.6 Å². The number of thiazole rings is 1. The molecule has 2 nitrogen and oxygen atoms in total. The molecule has 0 aliphatic heterocycles. The zero-order valence-electron chi connectivity index (χ0n) is 10.3. The molecule has 0 bridgehead atoms. The first-order chi connectivity index (χ1) is 6.73. The van der Waals surface area contributed by atoms with E-state index in [1.807, 2.05) is 0 Å². The maximum absolute atomic E-state index is 11.5. The molecule has 0 atom stereocenters. The summed E-state index contributed by atoms with van der Waals surface area (Å²) in [6, 6.07) is 0. The molecule has 0 fully saturated rings. The van der Waals surface area contributed by atoms with Crippen LogP contribution in [0.5, 0.6) is 0 Å².